The SMILES string of the molecule is Cl.NCCCCNS(=O)(=O)Cc1cccc(C(F)(F)F)c1. The van der Waals surface area contributed by atoms with E-state index in [0.717, 1.165) is 12.1 Å². The highest BCUT2D eigenvalue weighted by molar-refractivity contribution is 7.88. The smallest absolute Gasteiger partial charge is 0.330 e. The highest BCUT2D eigenvalue weighted by Gasteiger charge is 2.30. The Morgan fingerprint density at radius 3 is 2.43 bits per heavy atom. The zero-order chi connectivity index (χ0) is 15.2. The Hall–Kier alpha value is -0.830. The van der Waals surface area contributed by atoms with E-state index in [9.17, 15) is 21.6 Å². The summed E-state index contributed by atoms with van der Waals surface area (Å²) < 4.78 is 63.3. The zero-order valence-corrected chi connectivity index (χ0v) is 12.8. The highest BCUT2D eigenvalue weighted by Crippen LogP contribution is 2.29. The molecule has 0 fully saturated rings. The van der Waals surface area contributed by atoms with Crippen LogP contribution in [0, 0.1) is 0 Å². The highest BCUT2D eigenvalue weighted by atomic mass is 35.5. The molecule has 1 aromatic rings. The summed E-state index contributed by atoms with van der Waals surface area (Å²) in [5.41, 5.74) is 4.53. The topological polar surface area (TPSA) is 72.2 Å². The predicted molar refractivity (Wildman–Crippen MR) is 77.6 cm³/mol. The molecule has 1 aromatic carbocycles. The lowest BCUT2D eigenvalue weighted by Crippen LogP contribution is -2.26. The number of rotatable bonds is 7. The van der Waals surface area contributed by atoms with E-state index in [1.54, 1.807) is 0 Å². The van der Waals surface area contributed by atoms with Crippen molar-refractivity contribution in [3.8, 4) is 0 Å². The number of alkyl halides is 3. The number of unbranched alkanes of at least 4 members (excludes halogenated alkanes) is 1. The fourth-order valence-electron chi connectivity index (χ4n) is 1.60. The molecule has 0 saturated heterocycles. The molecule has 0 aliphatic heterocycles. The summed E-state index contributed by atoms with van der Waals surface area (Å²) in [5.74, 6) is -0.473. The van der Waals surface area contributed by atoms with Gasteiger partial charge in [0.1, 0.15) is 0 Å². The van der Waals surface area contributed by atoms with Crippen LogP contribution in [0.3, 0.4) is 0 Å². The first-order chi connectivity index (χ1) is 9.24. The predicted octanol–water partition coefficient (Wildman–Crippen LogP) is 2.29. The van der Waals surface area contributed by atoms with Gasteiger partial charge in [-0.15, -0.1) is 12.4 Å². The van der Waals surface area contributed by atoms with Gasteiger partial charge in [-0.2, -0.15) is 13.2 Å². The van der Waals surface area contributed by atoms with Crippen molar-refractivity contribution in [2.75, 3.05) is 13.1 Å². The third-order valence-corrected chi connectivity index (χ3v) is 3.92. The maximum Gasteiger partial charge on any atom is 0.416 e. The number of hydrogen-bond acceptors (Lipinski definition) is 3. The lowest BCUT2D eigenvalue weighted by Gasteiger charge is -2.10. The molecule has 0 aliphatic rings. The van der Waals surface area contributed by atoms with Crippen molar-refractivity contribution in [2.24, 2.45) is 5.73 Å². The Morgan fingerprint density at radius 2 is 1.86 bits per heavy atom. The molecule has 3 N–H and O–H groups in total. The molecule has 122 valence electrons. The van der Waals surface area contributed by atoms with Crippen LogP contribution in [0.5, 0.6) is 0 Å². The summed E-state index contributed by atoms with van der Waals surface area (Å²) in [4.78, 5) is 0. The van der Waals surface area contributed by atoms with E-state index < -0.39 is 27.5 Å². The quantitative estimate of drug-likeness (QED) is 0.744. The van der Waals surface area contributed by atoms with E-state index in [-0.39, 0.29) is 24.5 Å². The molecular weight excluding hydrogens is 329 g/mol. The minimum atomic E-state index is -4.48. The average molecular weight is 347 g/mol. The fourth-order valence-corrected chi connectivity index (χ4v) is 2.78. The molecule has 1 rings (SSSR count). The van der Waals surface area contributed by atoms with Gasteiger partial charge in [0.25, 0.3) is 0 Å². The van der Waals surface area contributed by atoms with Crippen LogP contribution in [0.1, 0.15) is 24.0 Å². The number of nitrogens with two attached hydrogens (primary N) is 1. The van der Waals surface area contributed by atoms with Gasteiger partial charge in [-0.3, -0.25) is 0 Å². The van der Waals surface area contributed by atoms with E-state index >= 15 is 0 Å². The van der Waals surface area contributed by atoms with Crippen LogP contribution in [0.2, 0.25) is 0 Å². The van der Waals surface area contributed by atoms with Gasteiger partial charge in [0.15, 0.2) is 0 Å². The minimum Gasteiger partial charge on any atom is -0.330 e. The van der Waals surface area contributed by atoms with E-state index in [4.69, 9.17) is 5.73 Å². The molecule has 21 heavy (non-hydrogen) atoms. The first-order valence-electron chi connectivity index (χ1n) is 6.08. The summed E-state index contributed by atoms with van der Waals surface area (Å²) >= 11 is 0. The molecule has 0 aliphatic carbocycles. The maximum atomic E-state index is 12.5. The molecule has 0 atom stereocenters. The van der Waals surface area contributed by atoms with Crippen LogP contribution in [0.25, 0.3) is 0 Å². The Labute approximate surface area is 128 Å². The maximum absolute atomic E-state index is 12.5. The van der Waals surface area contributed by atoms with Gasteiger partial charge in [0, 0.05) is 6.54 Å². The van der Waals surface area contributed by atoms with Gasteiger partial charge < -0.3 is 5.73 Å². The van der Waals surface area contributed by atoms with Crippen LogP contribution in [0.4, 0.5) is 13.2 Å². The standard InChI is InChI=1S/C12H17F3N2O2S.ClH/c13-12(14,15)11-5-3-4-10(8-11)9-20(18,19)17-7-2-1-6-16;/h3-5,8,17H,1-2,6-7,9,16H2;1H. The third-order valence-electron chi connectivity index (χ3n) is 2.56. The second kappa shape index (κ2) is 8.57. The van der Waals surface area contributed by atoms with Crippen LogP contribution in [0.15, 0.2) is 24.3 Å². The van der Waals surface area contributed by atoms with Gasteiger partial charge >= 0.3 is 6.18 Å². The Morgan fingerprint density at radius 1 is 1.19 bits per heavy atom. The Kier molecular flexibility index (Phi) is 8.23. The van der Waals surface area contributed by atoms with Crippen molar-refractivity contribution >= 4 is 22.4 Å². The summed E-state index contributed by atoms with van der Waals surface area (Å²) in [7, 11) is -3.64. The number of sulfonamides is 1. The number of benzene rings is 1. The number of halogens is 4. The zero-order valence-electron chi connectivity index (χ0n) is 11.2. The summed E-state index contributed by atoms with van der Waals surface area (Å²) in [6, 6.07) is 4.31. The number of nitrogens with one attached hydrogen (secondary N) is 1. The van der Waals surface area contributed by atoms with Crippen LogP contribution >= 0.6 is 12.4 Å². The van der Waals surface area contributed by atoms with Crippen molar-refractivity contribution in [3.63, 3.8) is 0 Å². The molecule has 0 heterocycles. The second-order valence-electron chi connectivity index (χ2n) is 4.35. The lowest BCUT2D eigenvalue weighted by atomic mass is 10.1. The van der Waals surface area contributed by atoms with Crippen molar-refractivity contribution < 1.29 is 21.6 Å². The first-order valence-corrected chi connectivity index (χ1v) is 7.73. The summed E-state index contributed by atoms with van der Waals surface area (Å²) in [6.45, 7) is 0.702. The summed E-state index contributed by atoms with van der Waals surface area (Å²) in [6.07, 6.45) is -3.20. The normalized spacial score (nSPS) is 12.0. The van der Waals surface area contributed by atoms with Crippen LogP contribution in [-0.2, 0) is 22.0 Å². The molecule has 0 spiro atoms. The van der Waals surface area contributed by atoms with E-state index in [1.165, 1.54) is 12.1 Å². The van der Waals surface area contributed by atoms with Gasteiger partial charge in [-0.1, -0.05) is 18.2 Å². The monoisotopic (exact) mass is 346 g/mol. The largest absolute Gasteiger partial charge is 0.416 e. The molecule has 4 nitrogen and oxygen atoms in total. The van der Waals surface area contributed by atoms with Gasteiger partial charge in [0.05, 0.1) is 11.3 Å². The van der Waals surface area contributed by atoms with Crippen molar-refractivity contribution in [2.45, 2.75) is 24.8 Å². The fraction of sp³-hybridized carbons (Fsp3) is 0.500. The molecular formula is C12H18ClF3N2O2S. The van der Waals surface area contributed by atoms with E-state index in [0.29, 0.717) is 19.4 Å². The lowest BCUT2D eigenvalue weighted by molar-refractivity contribution is -0.137. The third kappa shape index (κ3) is 7.66. The van der Waals surface area contributed by atoms with Crippen molar-refractivity contribution in [3.05, 3.63) is 35.4 Å². The van der Waals surface area contributed by atoms with Crippen molar-refractivity contribution in [1.29, 1.82) is 0 Å². The summed E-state index contributed by atoms with van der Waals surface area (Å²) in [5, 5.41) is 0. The van der Waals surface area contributed by atoms with Gasteiger partial charge in [0.2, 0.25) is 10.0 Å². The van der Waals surface area contributed by atoms with Gasteiger partial charge in [-0.25, -0.2) is 13.1 Å². The minimum absolute atomic E-state index is 0. The molecule has 0 bridgehead atoms. The average Bonchev–Trinajstić information content (AvgIpc) is 2.33. The van der Waals surface area contributed by atoms with Crippen molar-refractivity contribution in [1.82, 2.24) is 4.72 Å². The number of hydrogen-bond donors (Lipinski definition) is 2. The van der Waals surface area contributed by atoms with E-state index in [1.807, 2.05) is 0 Å². The first kappa shape index (κ1) is 20.2. The molecule has 0 amide bonds. The van der Waals surface area contributed by atoms with Crippen LogP contribution < -0.4 is 10.5 Å². The van der Waals surface area contributed by atoms with Gasteiger partial charge in [-0.05, 0) is 31.0 Å². The Balaban J connectivity index is 0.00000400. The second-order valence-corrected chi connectivity index (χ2v) is 6.15. The molecule has 0 saturated carbocycles. The molecule has 0 unspecified atom stereocenters. The Bertz CT molecular complexity index is 536. The molecule has 9 heteroatoms. The molecule has 0 radical (unpaired) electrons. The van der Waals surface area contributed by atoms with E-state index in [2.05, 4.69) is 4.72 Å². The van der Waals surface area contributed by atoms with Crippen LogP contribution in [-0.4, -0.2) is 21.5 Å². The molecule has 0 aromatic heterocycles.